The quantitative estimate of drug-likeness (QED) is 0.876. The number of carbonyl (C=O) groups excluding carboxylic acids is 1. The Bertz CT molecular complexity index is 865. The molecular formula is C19H22N6O2. The van der Waals surface area contributed by atoms with Gasteiger partial charge < -0.3 is 15.0 Å². The summed E-state index contributed by atoms with van der Waals surface area (Å²) in [4.78, 5) is 19.0. The molecule has 0 unspecified atom stereocenters. The second-order valence-electron chi connectivity index (χ2n) is 6.89. The smallest absolute Gasteiger partial charge is 0.257 e. The highest BCUT2D eigenvalue weighted by molar-refractivity contribution is 5.95. The molecule has 0 radical (unpaired) electrons. The van der Waals surface area contributed by atoms with Crippen LogP contribution in [0.25, 0.3) is 0 Å². The van der Waals surface area contributed by atoms with E-state index in [1.54, 1.807) is 12.3 Å². The van der Waals surface area contributed by atoms with Crippen molar-refractivity contribution in [2.24, 2.45) is 5.92 Å². The van der Waals surface area contributed by atoms with Gasteiger partial charge in [0.25, 0.3) is 5.91 Å². The van der Waals surface area contributed by atoms with Gasteiger partial charge in [0.15, 0.2) is 0 Å². The highest BCUT2D eigenvalue weighted by atomic mass is 16.5. The normalized spacial score (nSPS) is 19.2. The van der Waals surface area contributed by atoms with E-state index in [2.05, 4.69) is 21.5 Å². The zero-order valence-electron chi connectivity index (χ0n) is 15.1. The number of pyridine rings is 1. The lowest BCUT2D eigenvalue weighted by Crippen LogP contribution is -2.41. The first-order valence-electron chi connectivity index (χ1n) is 9.27. The van der Waals surface area contributed by atoms with Crippen LogP contribution in [0.2, 0.25) is 0 Å². The minimum Gasteiger partial charge on any atom is -0.378 e. The molecule has 1 amide bonds. The Morgan fingerprint density at radius 2 is 2.19 bits per heavy atom. The predicted molar refractivity (Wildman–Crippen MR) is 98.2 cm³/mol. The van der Waals surface area contributed by atoms with Gasteiger partial charge in [-0.05, 0) is 30.9 Å². The second kappa shape index (κ2) is 7.76. The predicted octanol–water partition coefficient (Wildman–Crippen LogP) is 1.30. The molecule has 1 N–H and O–H groups in total. The summed E-state index contributed by atoms with van der Waals surface area (Å²) < 4.78 is 7.30. The van der Waals surface area contributed by atoms with Crippen molar-refractivity contribution < 1.29 is 9.53 Å². The van der Waals surface area contributed by atoms with E-state index in [0.29, 0.717) is 49.3 Å². The number of nitrogens with zero attached hydrogens (tertiary/aromatic N) is 5. The first kappa shape index (κ1) is 17.5. The van der Waals surface area contributed by atoms with Gasteiger partial charge in [0.05, 0.1) is 30.7 Å². The molecule has 0 bridgehead atoms. The van der Waals surface area contributed by atoms with Crippen LogP contribution in [0.4, 0.5) is 5.82 Å². The van der Waals surface area contributed by atoms with Crippen molar-refractivity contribution in [1.29, 1.82) is 5.26 Å². The van der Waals surface area contributed by atoms with Crippen LogP contribution >= 0.6 is 0 Å². The minimum atomic E-state index is 0.0524. The van der Waals surface area contributed by atoms with Gasteiger partial charge in [-0.1, -0.05) is 6.07 Å². The number of ether oxygens (including phenoxy) is 1. The third-order valence-corrected chi connectivity index (χ3v) is 5.14. The number of hydrogen-bond acceptors (Lipinski definition) is 6. The van der Waals surface area contributed by atoms with E-state index in [0.717, 1.165) is 31.6 Å². The van der Waals surface area contributed by atoms with E-state index < -0.39 is 0 Å². The molecular weight excluding hydrogens is 344 g/mol. The molecule has 8 nitrogen and oxygen atoms in total. The van der Waals surface area contributed by atoms with Crippen molar-refractivity contribution in [1.82, 2.24) is 19.7 Å². The van der Waals surface area contributed by atoms with Crippen LogP contribution in [0.15, 0.2) is 24.4 Å². The monoisotopic (exact) mass is 366 g/mol. The molecule has 0 aliphatic carbocycles. The topological polar surface area (TPSA) is 96.1 Å². The fourth-order valence-corrected chi connectivity index (χ4v) is 3.63. The molecule has 0 saturated carbocycles. The summed E-state index contributed by atoms with van der Waals surface area (Å²) in [6.07, 6.45) is 3.50. The van der Waals surface area contributed by atoms with Crippen LogP contribution in [0.3, 0.4) is 0 Å². The number of aryl methyl sites for hydroxylation is 1. The van der Waals surface area contributed by atoms with Crippen LogP contribution in [-0.2, 0) is 17.7 Å². The maximum absolute atomic E-state index is 12.9. The van der Waals surface area contributed by atoms with E-state index in [-0.39, 0.29) is 5.91 Å². The van der Waals surface area contributed by atoms with Gasteiger partial charge in [0, 0.05) is 26.2 Å². The van der Waals surface area contributed by atoms with E-state index >= 15 is 0 Å². The summed E-state index contributed by atoms with van der Waals surface area (Å²) in [5, 5.41) is 16.7. The number of morpholine rings is 1. The zero-order valence-corrected chi connectivity index (χ0v) is 15.1. The van der Waals surface area contributed by atoms with Crippen LogP contribution in [0.1, 0.15) is 28.2 Å². The van der Waals surface area contributed by atoms with Crippen LogP contribution in [0.5, 0.6) is 0 Å². The molecule has 2 aliphatic rings. The Morgan fingerprint density at radius 3 is 3.00 bits per heavy atom. The summed E-state index contributed by atoms with van der Waals surface area (Å²) in [5.74, 6) is 1.15. The third-order valence-electron chi connectivity index (χ3n) is 5.14. The van der Waals surface area contributed by atoms with Crippen molar-refractivity contribution in [2.45, 2.75) is 19.4 Å². The maximum Gasteiger partial charge on any atom is 0.257 e. The number of aromatic nitrogens is 3. The van der Waals surface area contributed by atoms with Crippen molar-refractivity contribution >= 4 is 11.7 Å². The molecule has 1 saturated heterocycles. The number of rotatable bonds is 4. The SMILES string of the molecule is N#Cc1cccc(NC[C@@H]2CCn3ncc(C(=O)N4CCOCC4)c3C2)n1. The summed E-state index contributed by atoms with van der Waals surface area (Å²) in [6, 6.07) is 7.43. The Balaban J connectivity index is 1.42. The van der Waals surface area contributed by atoms with Crippen molar-refractivity contribution in [3.63, 3.8) is 0 Å². The van der Waals surface area contributed by atoms with E-state index in [1.165, 1.54) is 0 Å². The van der Waals surface area contributed by atoms with Gasteiger partial charge >= 0.3 is 0 Å². The van der Waals surface area contributed by atoms with E-state index in [9.17, 15) is 4.79 Å². The van der Waals surface area contributed by atoms with E-state index in [4.69, 9.17) is 10.00 Å². The van der Waals surface area contributed by atoms with Crippen molar-refractivity contribution in [3.8, 4) is 6.07 Å². The highest BCUT2D eigenvalue weighted by Crippen LogP contribution is 2.24. The summed E-state index contributed by atoms with van der Waals surface area (Å²) in [5.41, 5.74) is 2.13. The standard InChI is InChI=1S/C19H22N6O2/c20-11-15-2-1-3-18(23-15)21-12-14-4-5-25-17(10-14)16(13-22-25)19(26)24-6-8-27-9-7-24/h1-3,13-14H,4-10,12H2,(H,21,23)/t14-/m1/s1. The third kappa shape index (κ3) is 3.78. The number of amides is 1. The fraction of sp³-hybridized carbons (Fsp3) is 0.474. The largest absolute Gasteiger partial charge is 0.378 e. The summed E-state index contributed by atoms with van der Waals surface area (Å²) >= 11 is 0. The fourth-order valence-electron chi connectivity index (χ4n) is 3.63. The second-order valence-corrected chi connectivity index (χ2v) is 6.89. The van der Waals surface area contributed by atoms with Crippen LogP contribution in [0, 0.1) is 17.2 Å². The molecule has 8 heteroatoms. The number of nitriles is 1. The van der Waals surface area contributed by atoms with Gasteiger partial charge in [-0.2, -0.15) is 10.4 Å². The minimum absolute atomic E-state index is 0.0524. The van der Waals surface area contributed by atoms with Gasteiger partial charge in [-0.15, -0.1) is 0 Å². The van der Waals surface area contributed by atoms with Gasteiger partial charge in [0.2, 0.25) is 0 Å². The molecule has 140 valence electrons. The first-order valence-corrected chi connectivity index (χ1v) is 9.27. The lowest BCUT2D eigenvalue weighted by molar-refractivity contribution is 0.0301. The molecule has 1 fully saturated rings. The molecule has 4 rings (SSSR count). The molecule has 2 aromatic rings. The Morgan fingerprint density at radius 1 is 1.33 bits per heavy atom. The number of anilines is 1. The number of hydrogen-bond donors (Lipinski definition) is 1. The first-order chi connectivity index (χ1) is 13.2. The molecule has 2 aromatic heterocycles. The highest BCUT2D eigenvalue weighted by Gasteiger charge is 2.28. The summed E-state index contributed by atoms with van der Waals surface area (Å²) in [7, 11) is 0. The maximum atomic E-state index is 12.9. The van der Waals surface area contributed by atoms with E-state index in [1.807, 2.05) is 21.7 Å². The number of fused-ring (bicyclic) bond motifs is 1. The number of nitrogens with one attached hydrogen (secondary N) is 1. The van der Waals surface area contributed by atoms with Crippen LogP contribution in [-0.4, -0.2) is 58.4 Å². The average molecular weight is 366 g/mol. The molecule has 1 atom stereocenters. The molecule has 0 spiro atoms. The lowest BCUT2D eigenvalue weighted by Gasteiger charge is -2.28. The van der Waals surface area contributed by atoms with Crippen molar-refractivity contribution in [2.75, 3.05) is 38.2 Å². The Kier molecular flexibility index (Phi) is 5.03. The van der Waals surface area contributed by atoms with Crippen molar-refractivity contribution in [3.05, 3.63) is 41.3 Å². The zero-order chi connectivity index (χ0) is 18.6. The van der Waals surface area contributed by atoms with Gasteiger partial charge in [0.1, 0.15) is 17.6 Å². The summed E-state index contributed by atoms with van der Waals surface area (Å²) in [6.45, 7) is 4.01. The molecule has 0 aromatic carbocycles. The molecule has 4 heterocycles. The number of carbonyl (C=O) groups is 1. The molecule has 2 aliphatic heterocycles. The average Bonchev–Trinajstić information content (AvgIpc) is 3.15. The van der Waals surface area contributed by atoms with Crippen LogP contribution < -0.4 is 5.32 Å². The lowest BCUT2D eigenvalue weighted by atomic mass is 9.94. The van der Waals surface area contributed by atoms with Gasteiger partial charge in [-0.3, -0.25) is 9.48 Å². The Hall–Kier alpha value is -2.92. The van der Waals surface area contributed by atoms with Gasteiger partial charge in [-0.25, -0.2) is 4.98 Å². The Labute approximate surface area is 157 Å². The molecule has 27 heavy (non-hydrogen) atoms.